The zero-order valence-corrected chi connectivity index (χ0v) is 13.4. The van der Waals surface area contributed by atoms with Crippen LogP contribution >= 0.6 is 0 Å². The van der Waals surface area contributed by atoms with Gasteiger partial charge >= 0.3 is 0 Å². The number of nitrogens with one attached hydrogen (secondary N) is 1. The molecule has 2 aromatic rings. The molecule has 1 N–H and O–H groups in total. The number of hydrogen-bond donors (Lipinski definition) is 1. The summed E-state index contributed by atoms with van der Waals surface area (Å²) in [6.45, 7) is 3.38. The Balaban J connectivity index is 1.41. The van der Waals surface area contributed by atoms with E-state index in [1.165, 1.54) is 12.1 Å². The molecule has 1 amide bonds. The van der Waals surface area contributed by atoms with Gasteiger partial charge in [-0.2, -0.15) is 5.10 Å². The van der Waals surface area contributed by atoms with Gasteiger partial charge in [0.15, 0.2) is 5.82 Å². The van der Waals surface area contributed by atoms with E-state index >= 15 is 0 Å². The van der Waals surface area contributed by atoms with Crippen molar-refractivity contribution in [3.8, 4) is 0 Å². The number of nitrogens with zero attached hydrogens (tertiary/aromatic N) is 3. The van der Waals surface area contributed by atoms with Crippen molar-refractivity contribution >= 4 is 5.91 Å². The second-order valence-electron chi connectivity index (χ2n) is 6.42. The van der Waals surface area contributed by atoms with Gasteiger partial charge in [-0.1, -0.05) is 12.1 Å². The number of rotatable bonds is 3. The van der Waals surface area contributed by atoms with Crippen molar-refractivity contribution in [2.75, 3.05) is 19.7 Å². The van der Waals surface area contributed by atoms with Crippen LogP contribution in [-0.4, -0.2) is 45.7 Å². The van der Waals surface area contributed by atoms with Crippen LogP contribution in [0.15, 0.2) is 24.3 Å². The summed E-state index contributed by atoms with van der Waals surface area (Å²) in [5.41, 5.74) is 1.03. The van der Waals surface area contributed by atoms with Gasteiger partial charge in [-0.3, -0.25) is 9.89 Å². The molecule has 2 fully saturated rings. The molecular formula is C17H19FN4O2. The van der Waals surface area contributed by atoms with Crippen LogP contribution in [0.5, 0.6) is 0 Å². The predicted molar refractivity (Wildman–Crippen MR) is 83.6 cm³/mol. The zero-order valence-electron chi connectivity index (χ0n) is 13.4. The van der Waals surface area contributed by atoms with E-state index in [9.17, 15) is 9.18 Å². The zero-order chi connectivity index (χ0) is 16.7. The summed E-state index contributed by atoms with van der Waals surface area (Å²) in [6, 6.07) is 6.44. The standard InChI is InChI=1S/C17H19FN4O2/c1-10-19-16(21-20-10)15-9-22(6-7-24-15)17(23)14-8-13(14)11-2-4-12(18)5-3-11/h2-5,13-15H,6-9H2,1H3,(H,19,20,21). The molecule has 1 aliphatic carbocycles. The summed E-state index contributed by atoms with van der Waals surface area (Å²) < 4.78 is 18.7. The lowest BCUT2D eigenvalue weighted by Gasteiger charge is -2.32. The fourth-order valence-corrected chi connectivity index (χ4v) is 3.29. The molecule has 2 heterocycles. The number of halogens is 1. The lowest BCUT2D eigenvalue weighted by Crippen LogP contribution is -2.43. The molecule has 1 aromatic carbocycles. The number of carbonyl (C=O) groups is 1. The number of carbonyl (C=O) groups excluding carboxylic acids is 1. The molecule has 126 valence electrons. The molecular weight excluding hydrogens is 311 g/mol. The number of aromatic nitrogens is 3. The highest BCUT2D eigenvalue weighted by Gasteiger charge is 2.46. The van der Waals surface area contributed by atoms with Crippen molar-refractivity contribution in [3.63, 3.8) is 0 Å². The van der Waals surface area contributed by atoms with E-state index in [0.717, 1.165) is 17.8 Å². The summed E-state index contributed by atoms with van der Waals surface area (Å²) in [5.74, 6) is 1.41. The number of amides is 1. The molecule has 3 unspecified atom stereocenters. The molecule has 1 saturated carbocycles. The number of aromatic amines is 1. The van der Waals surface area contributed by atoms with E-state index in [1.807, 2.05) is 11.8 Å². The number of ether oxygens (including phenoxy) is 1. The molecule has 1 aliphatic heterocycles. The Bertz CT molecular complexity index is 745. The smallest absolute Gasteiger partial charge is 0.226 e. The van der Waals surface area contributed by atoms with Gasteiger partial charge < -0.3 is 9.64 Å². The Morgan fingerprint density at radius 2 is 2.17 bits per heavy atom. The van der Waals surface area contributed by atoms with Crippen molar-refractivity contribution in [1.82, 2.24) is 20.1 Å². The lowest BCUT2D eigenvalue weighted by molar-refractivity contribution is -0.140. The minimum atomic E-state index is -0.282. The third-order valence-electron chi connectivity index (χ3n) is 4.69. The first-order valence-corrected chi connectivity index (χ1v) is 8.16. The molecule has 0 spiro atoms. The van der Waals surface area contributed by atoms with Crippen LogP contribution in [0, 0.1) is 18.7 Å². The van der Waals surface area contributed by atoms with Crippen molar-refractivity contribution in [2.24, 2.45) is 5.92 Å². The topological polar surface area (TPSA) is 71.1 Å². The van der Waals surface area contributed by atoms with Crippen LogP contribution in [-0.2, 0) is 9.53 Å². The van der Waals surface area contributed by atoms with Gasteiger partial charge in [-0.05, 0) is 37.0 Å². The number of benzene rings is 1. The molecule has 4 rings (SSSR count). The number of hydrogen-bond acceptors (Lipinski definition) is 4. The lowest BCUT2D eigenvalue weighted by atomic mass is 10.1. The Hall–Kier alpha value is -2.28. The fraction of sp³-hybridized carbons (Fsp3) is 0.471. The highest BCUT2D eigenvalue weighted by Crippen LogP contribution is 2.48. The highest BCUT2D eigenvalue weighted by atomic mass is 19.1. The average molecular weight is 330 g/mol. The first-order valence-electron chi connectivity index (χ1n) is 8.16. The molecule has 3 atom stereocenters. The van der Waals surface area contributed by atoms with Crippen LogP contribution in [0.1, 0.15) is 35.7 Å². The minimum absolute atomic E-state index is 0.0110. The van der Waals surface area contributed by atoms with Crippen molar-refractivity contribution in [2.45, 2.75) is 25.4 Å². The average Bonchev–Trinajstić information content (AvgIpc) is 3.28. The number of aryl methyl sites for hydroxylation is 1. The second-order valence-corrected chi connectivity index (χ2v) is 6.42. The summed E-state index contributed by atoms with van der Waals surface area (Å²) in [5, 5.41) is 6.93. The molecule has 1 aromatic heterocycles. The van der Waals surface area contributed by atoms with Crippen LogP contribution in [0.4, 0.5) is 4.39 Å². The van der Waals surface area contributed by atoms with Crippen molar-refractivity contribution < 1.29 is 13.9 Å². The maximum absolute atomic E-state index is 13.0. The normalized spacial score (nSPS) is 26.4. The summed E-state index contributed by atoms with van der Waals surface area (Å²) in [7, 11) is 0. The third-order valence-corrected chi connectivity index (χ3v) is 4.69. The van der Waals surface area contributed by atoms with E-state index in [-0.39, 0.29) is 29.7 Å². The van der Waals surface area contributed by atoms with Gasteiger partial charge in [0, 0.05) is 12.5 Å². The number of H-pyrrole nitrogens is 1. The first kappa shape index (κ1) is 15.3. The molecule has 0 radical (unpaired) electrons. The first-order chi connectivity index (χ1) is 11.6. The maximum Gasteiger partial charge on any atom is 0.226 e. The maximum atomic E-state index is 13.0. The quantitative estimate of drug-likeness (QED) is 0.934. The van der Waals surface area contributed by atoms with E-state index in [4.69, 9.17) is 4.74 Å². The van der Waals surface area contributed by atoms with Crippen LogP contribution in [0.25, 0.3) is 0 Å². The van der Waals surface area contributed by atoms with E-state index in [1.54, 1.807) is 12.1 Å². The van der Waals surface area contributed by atoms with E-state index in [0.29, 0.717) is 25.5 Å². The SMILES string of the molecule is Cc1nc(C2CN(C(=O)C3CC3c3ccc(F)cc3)CCO2)n[nH]1. The van der Waals surface area contributed by atoms with Crippen molar-refractivity contribution in [1.29, 1.82) is 0 Å². The van der Waals surface area contributed by atoms with Gasteiger partial charge in [-0.25, -0.2) is 9.37 Å². The second kappa shape index (κ2) is 5.98. The van der Waals surface area contributed by atoms with Gasteiger partial charge in [-0.15, -0.1) is 0 Å². The minimum Gasteiger partial charge on any atom is -0.366 e. The van der Waals surface area contributed by atoms with Crippen LogP contribution < -0.4 is 0 Å². The fourth-order valence-electron chi connectivity index (χ4n) is 3.29. The monoisotopic (exact) mass is 330 g/mol. The molecule has 1 saturated heterocycles. The Morgan fingerprint density at radius 3 is 2.88 bits per heavy atom. The third kappa shape index (κ3) is 2.91. The Morgan fingerprint density at radius 1 is 1.38 bits per heavy atom. The molecule has 7 heteroatoms. The molecule has 24 heavy (non-hydrogen) atoms. The van der Waals surface area contributed by atoms with Gasteiger partial charge in [0.2, 0.25) is 5.91 Å². The number of morpholine rings is 1. The largest absolute Gasteiger partial charge is 0.366 e. The van der Waals surface area contributed by atoms with Gasteiger partial charge in [0.25, 0.3) is 0 Å². The Labute approximate surface area is 139 Å². The molecule has 0 bridgehead atoms. The predicted octanol–water partition coefficient (Wildman–Crippen LogP) is 1.96. The Kier molecular flexibility index (Phi) is 3.80. The van der Waals surface area contributed by atoms with Gasteiger partial charge in [0.1, 0.15) is 17.7 Å². The van der Waals surface area contributed by atoms with E-state index < -0.39 is 0 Å². The van der Waals surface area contributed by atoms with E-state index in [2.05, 4.69) is 15.2 Å². The van der Waals surface area contributed by atoms with Crippen LogP contribution in [0.3, 0.4) is 0 Å². The van der Waals surface area contributed by atoms with Crippen LogP contribution in [0.2, 0.25) is 0 Å². The summed E-state index contributed by atoms with van der Waals surface area (Å²) in [4.78, 5) is 18.9. The van der Waals surface area contributed by atoms with Gasteiger partial charge in [0.05, 0.1) is 13.2 Å². The molecule has 2 aliphatic rings. The summed E-state index contributed by atoms with van der Waals surface area (Å²) in [6.07, 6.45) is 0.544. The summed E-state index contributed by atoms with van der Waals surface area (Å²) >= 11 is 0. The van der Waals surface area contributed by atoms with Crippen molar-refractivity contribution in [3.05, 3.63) is 47.3 Å². The highest BCUT2D eigenvalue weighted by molar-refractivity contribution is 5.83. The molecule has 6 nitrogen and oxygen atoms in total.